The fraction of sp³-hybridized carbons (Fsp3) is 0.235. The van der Waals surface area contributed by atoms with Crippen molar-refractivity contribution in [1.82, 2.24) is 5.32 Å². The Morgan fingerprint density at radius 1 is 1.19 bits per heavy atom. The fourth-order valence-electron chi connectivity index (χ4n) is 2.15. The highest BCUT2D eigenvalue weighted by atomic mass is 35.5. The second kappa shape index (κ2) is 7.14. The molecular weight excluding hydrogens is 284 g/mol. The molecule has 2 rings (SSSR count). The molecule has 110 valence electrons. The Labute approximate surface area is 130 Å². The van der Waals surface area contributed by atoms with Gasteiger partial charge in [-0.1, -0.05) is 41.9 Å². The maximum Gasteiger partial charge on any atom is 0.253 e. The first kappa shape index (κ1) is 15.4. The van der Waals surface area contributed by atoms with Crippen LogP contribution in [-0.2, 0) is 0 Å². The smallest absolute Gasteiger partial charge is 0.253 e. The van der Waals surface area contributed by atoms with Gasteiger partial charge in [-0.05, 0) is 37.6 Å². The zero-order valence-corrected chi connectivity index (χ0v) is 12.9. The molecule has 0 saturated carbocycles. The molecule has 0 fully saturated rings. The molecule has 0 aromatic heterocycles. The number of hydrogen-bond acceptors (Lipinski definition) is 2. The van der Waals surface area contributed by atoms with Crippen molar-refractivity contribution >= 4 is 23.2 Å². The first-order valence-electron chi connectivity index (χ1n) is 7.01. The summed E-state index contributed by atoms with van der Waals surface area (Å²) in [6.07, 6.45) is 0. The maximum absolute atomic E-state index is 12.5. The van der Waals surface area contributed by atoms with E-state index in [4.69, 9.17) is 11.6 Å². The lowest BCUT2D eigenvalue weighted by atomic mass is 10.1. The number of anilines is 1. The monoisotopic (exact) mass is 302 g/mol. The molecule has 0 saturated heterocycles. The van der Waals surface area contributed by atoms with E-state index in [-0.39, 0.29) is 11.9 Å². The van der Waals surface area contributed by atoms with Crippen LogP contribution < -0.4 is 10.6 Å². The first-order chi connectivity index (χ1) is 10.1. The molecule has 21 heavy (non-hydrogen) atoms. The molecule has 4 heteroatoms. The van der Waals surface area contributed by atoms with E-state index in [9.17, 15) is 4.79 Å². The number of halogens is 1. The topological polar surface area (TPSA) is 41.1 Å². The van der Waals surface area contributed by atoms with E-state index in [1.54, 1.807) is 12.1 Å². The molecular formula is C17H19ClN2O. The molecule has 0 radical (unpaired) electrons. The quantitative estimate of drug-likeness (QED) is 0.866. The van der Waals surface area contributed by atoms with Gasteiger partial charge in [-0.15, -0.1) is 0 Å². The minimum Gasteiger partial charge on any atom is -0.385 e. The molecule has 0 heterocycles. The highest BCUT2D eigenvalue weighted by Crippen LogP contribution is 2.22. The van der Waals surface area contributed by atoms with Gasteiger partial charge in [-0.2, -0.15) is 0 Å². The van der Waals surface area contributed by atoms with E-state index in [0.717, 1.165) is 17.8 Å². The van der Waals surface area contributed by atoms with Crippen LogP contribution in [0.3, 0.4) is 0 Å². The first-order valence-corrected chi connectivity index (χ1v) is 7.39. The Hall–Kier alpha value is -2.00. The van der Waals surface area contributed by atoms with E-state index in [2.05, 4.69) is 10.6 Å². The van der Waals surface area contributed by atoms with Crippen molar-refractivity contribution in [3.63, 3.8) is 0 Å². The predicted molar refractivity (Wildman–Crippen MR) is 87.9 cm³/mol. The lowest BCUT2D eigenvalue weighted by Crippen LogP contribution is -2.27. The number of benzene rings is 2. The van der Waals surface area contributed by atoms with Crippen molar-refractivity contribution in [2.45, 2.75) is 19.9 Å². The zero-order chi connectivity index (χ0) is 15.2. The minimum absolute atomic E-state index is 0.0628. The third-order valence-corrected chi connectivity index (χ3v) is 3.48. The van der Waals surface area contributed by atoms with Gasteiger partial charge >= 0.3 is 0 Å². The summed E-state index contributed by atoms with van der Waals surface area (Å²) >= 11 is 6.01. The van der Waals surface area contributed by atoms with Gasteiger partial charge in [0.15, 0.2) is 0 Å². The largest absolute Gasteiger partial charge is 0.385 e. The van der Waals surface area contributed by atoms with E-state index in [1.807, 2.05) is 50.2 Å². The van der Waals surface area contributed by atoms with Crippen LogP contribution in [0, 0.1) is 0 Å². The third kappa shape index (κ3) is 3.99. The standard InChI is InChI=1S/C17H19ClN2O/c1-3-19-16-10-9-14(18)11-15(16)17(21)20-12(2)13-7-5-4-6-8-13/h4-12,19H,3H2,1-2H3,(H,20,21). The summed E-state index contributed by atoms with van der Waals surface area (Å²) < 4.78 is 0. The van der Waals surface area contributed by atoms with E-state index in [0.29, 0.717) is 10.6 Å². The second-order valence-electron chi connectivity index (χ2n) is 4.83. The Balaban J connectivity index is 2.18. The van der Waals surface area contributed by atoms with Crippen molar-refractivity contribution in [3.8, 4) is 0 Å². The van der Waals surface area contributed by atoms with Crippen LogP contribution in [0.15, 0.2) is 48.5 Å². The summed E-state index contributed by atoms with van der Waals surface area (Å²) in [7, 11) is 0. The van der Waals surface area contributed by atoms with Gasteiger partial charge in [0, 0.05) is 17.3 Å². The van der Waals surface area contributed by atoms with Gasteiger partial charge in [0.25, 0.3) is 5.91 Å². The molecule has 2 aromatic rings. The molecule has 0 aliphatic rings. The number of amides is 1. The molecule has 0 spiro atoms. The van der Waals surface area contributed by atoms with Gasteiger partial charge in [0.05, 0.1) is 11.6 Å². The van der Waals surface area contributed by atoms with E-state index >= 15 is 0 Å². The molecule has 0 bridgehead atoms. The van der Waals surface area contributed by atoms with Crippen molar-refractivity contribution < 1.29 is 4.79 Å². The lowest BCUT2D eigenvalue weighted by molar-refractivity contribution is 0.0940. The average molecular weight is 303 g/mol. The van der Waals surface area contributed by atoms with Gasteiger partial charge in [0.1, 0.15) is 0 Å². The molecule has 3 nitrogen and oxygen atoms in total. The summed E-state index contributed by atoms with van der Waals surface area (Å²) in [5, 5.41) is 6.73. The highest BCUT2D eigenvalue weighted by molar-refractivity contribution is 6.31. The molecule has 0 aliphatic carbocycles. The highest BCUT2D eigenvalue weighted by Gasteiger charge is 2.15. The summed E-state index contributed by atoms with van der Waals surface area (Å²) in [5.74, 6) is -0.134. The number of rotatable bonds is 5. The molecule has 2 N–H and O–H groups in total. The van der Waals surface area contributed by atoms with Gasteiger partial charge < -0.3 is 10.6 Å². The SMILES string of the molecule is CCNc1ccc(Cl)cc1C(=O)NC(C)c1ccccc1. The summed E-state index contributed by atoms with van der Waals surface area (Å²) in [5.41, 5.74) is 2.42. The number of hydrogen-bond donors (Lipinski definition) is 2. The van der Waals surface area contributed by atoms with Gasteiger partial charge in [-0.3, -0.25) is 4.79 Å². The summed E-state index contributed by atoms with van der Waals surface area (Å²) in [4.78, 5) is 12.5. The summed E-state index contributed by atoms with van der Waals surface area (Å²) in [6, 6.07) is 15.1. The Morgan fingerprint density at radius 2 is 1.90 bits per heavy atom. The zero-order valence-electron chi connectivity index (χ0n) is 12.2. The van der Waals surface area contributed by atoms with Crippen molar-refractivity contribution in [3.05, 3.63) is 64.7 Å². The molecule has 1 atom stereocenters. The Morgan fingerprint density at radius 3 is 2.57 bits per heavy atom. The van der Waals surface area contributed by atoms with Crippen LogP contribution in [0.4, 0.5) is 5.69 Å². The molecule has 2 aromatic carbocycles. The van der Waals surface area contributed by atoms with E-state index < -0.39 is 0 Å². The second-order valence-corrected chi connectivity index (χ2v) is 5.26. The lowest BCUT2D eigenvalue weighted by Gasteiger charge is -2.16. The van der Waals surface area contributed by atoms with Crippen LogP contribution in [0.25, 0.3) is 0 Å². The van der Waals surface area contributed by atoms with Crippen molar-refractivity contribution in [2.75, 3.05) is 11.9 Å². The Kier molecular flexibility index (Phi) is 5.23. The number of carbonyl (C=O) groups excluding carboxylic acids is 1. The average Bonchev–Trinajstić information content (AvgIpc) is 2.50. The van der Waals surface area contributed by atoms with Crippen molar-refractivity contribution in [1.29, 1.82) is 0 Å². The van der Waals surface area contributed by atoms with Crippen LogP contribution in [0.1, 0.15) is 35.8 Å². The normalized spacial score (nSPS) is 11.8. The predicted octanol–water partition coefficient (Wildman–Crippen LogP) is 4.26. The summed E-state index contributed by atoms with van der Waals surface area (Å²) in [6.45, 7) is 4.70. The number of nitrogens with one attached hydrogen (secondary N) is 2. The van der Waals surface area contributed by atoms with Crippen LogP contribution in [0.5, 0.6) is 0 Å². The number of carbonyl (C=O) groups is 1. The van der Waals surface area contributed by atoms with Gasteiger partial charge in [0.2, 0.25) is 0 Å². The van der Waals surface area contributed by atoms with E-state index in [1.165, 1.54) is 0 Å². The maximum atomic E-state index is 12.5. The van der Waals surface area contributed by atoms with Crippen LogP contribution in [0.2, 0.25) is 5.02 Å². The Bertz CT molecular complexity index is 613. The molecule has 1 amide bonds. The van der Waals surface area contributed by atoms with Crippen LogP contribution >= 0.6 is 11.6 Å². The van der Waals surface area contributed by atoms with Crippen molar-refractivity contribution in [2.24, 2.45) is 0 Å². The molecule has 0 aliphatic heterocycles. The van der Waals surface area contributed by atoms with Crippen LogP contribution in [-0.4, -0.2) is 12.5 Å². The minimum atomic E-state index is -0.134. The van der Waals surface area contributed by atoms with Gasteiger partial charge in [-0.25, -0.2) is 0 Å². The molecule has 1 unspecified atom stereocenters. The third-order valence-electron chi connectivity index (χ3n) is 3.24. The fourth-order valence-corrected chi connectivity index (χ4v) is 2.32.